The summed E-state index contributed by atoms with van der Waals surface area (Å²) in [6.45, 7) is 1.65. The lowest BCUT2D eigenvalue weighted by Gasteiger charge is -2.18. The summed E-state index contributed by atoms with van der Waals surface area (Å²) in [5.74, 6) is -0.257. The molecular formula is C17H14N4O5. The third-order valence-corrected chi connectivity index (χ3v) is 3.67. The Kier molecular flexibility index (Phi) is 4.61. The number of amides is 2. The number of hydrogen-bond donors (Lipinski definition) is 2. The van der Waals surface area contributed by atoms with Crippen molar-refractivity contribution in [3.05, 3.63) is 63.7 Å². The van der Waals surface area contributed by atoms with Gasteiger partial charge in [-0.05, 0) is 36.8 Å². The summed E-state index contributed by atoms with van der Waals surface area (Å²) < 4.78 is 5.28. The molecule has 0 bridgehead atoms. The molecule has 2 aromatic carbocycles. The molecule has 0 unspecified atom stereocenters. The molecule has 0 aliphatic carbocycles. The maximum atomic E-state index is 12.1. The van der Waals surface area contributed by atoms with Crippen LogP contribution >= 0.6 is 0 Å². The minimum absolute atomic E-state index is 0.0291. The first-order valence-corrected chi connectivity index (χ1v) is 7.60. The van der Waals surface area contributed by atoms with Crippen LogP contribution in [0.4, 0.5) is 11.4 Å². The maximum absolute atomic E-state index is 12.1. The van der Waals surface area contributed by atoms with Crippen LogP contribution in [0.2, 0.25) is 0 Å². The Morgan fingerprint density at radius 2 is 2.08 bits per heavy atom. The Morgan fingerprint density at radius 1 is 1.27 bits per heavy atom. The second kappa shape index (κ2) is 7.01. The van der Waals surface area contributed by atoms with Gasteiger partial charge in [0.05, 0.1) is 16.3 Å². The number of carbonyl (C=O) groups excluding carboxylic acids is 2. The van der Waals surface area contributed by atoms with Crippen LogP contribution in [0.15, 0.2) is 47.6 Å². The number of rotatable bonds is 4. The number of anilines is 1. The van der Waals surface area contributed by atoms with Crippen LogP contribution in [0.5, 0.6) is 5.75 Å². The van der Waals surface area contributed by atoms with E-state index >= 15 is 0 Å². The quantitative estimate of drug-likeness (QED) is 0.494. The molecule has 0 saturated carbocycles. The highest BCUT2D eigenvalue weighted by Crippen LogP contribution is 2.28. The first kappa shape index (κ1) is 17.1. The van der Waals surface area contributed by atoms with E-state index in [9.17, 15) is 19.7 Å². The van der Waals surface area contributed by atoms with Gasteiger partial charge in [-0.3, -0.25) is 19.7 Å². The molecule has 9 nitrogen and oxygen atoms in total. The zero-order valence-corrected chi connectivity index (χ0v) is 13.7. The number of nitro benzene ring substituents is 1. The molecule has 3 rings (SSSR count). The number of benzene rings is 2. The average molecular weight is 354 g/mol. The molecule has 0 aromatic heterocycles. The molecule has 0 spiro atoms. The van der Waals surface area contributed by atoms with Gasteiger partial charge in [-0.2, -0.15) is 5.10 Å². The topological polar surface area (TPSA) is 123 Å². The summed E-state index contributed by atoms with van der Waals surface area (Å²) >= 11 is 0. The summed E-state index contributed by atoms with van der Waals surface area (Å²) in [4.78, 5) is 33.7. The Hall–Kier alpha value is -3.75. The van der Waals surface area contributed by atoms with E-state index in [1.807, 2.05) is 0 Å². The van der Waals surface area contributed by atoms with Crippen molar-refractivity contribution < 1.29 is 19.2 Å². The van der Waals surface area contributed by atoms with Crippen molar-refractivity contribution in [1.29, 1.82) is 0 Å². The van der Waals surface area contributed by atoms with E-state index in [0.29, 0.717) is 22.7 Å². The van der Waals surface area contributed by atoms with Crippen molar-refractivity contribution in [3.8, 4) is 5.75 Å². The average Bonchev–Trinajstić information content (AvgIpc) is 2.65. The van der Waals surface area contributed by atoms with E-state index in [1.54, 1.807) is 25.1 Å². The number of hydrogen-bond acceptors (Lipinski definition) is 6. The van der Waals surface area contributed by atoms with Crippen molar-refractivity contribution in [2.75, 3.05) is 11.9 Å². The van der Waals surface area contributed by atoms with Crippen molar-refractivity contribution in [2.24, 2.45) is 5.10 Å². The van der Waals surface area contributed by atoms with Gasteiger partial charge in [-0.1, -0.05) is 6.07 Å². The second-order valence-electron chi connectivity index (χ2n) is 5.49. The van der Waals surface area contributed by atoms with Gasteiger partial charge in [0, 0.05) is 17.7 Å². The number of nitrogens with one attached hydrogen (secondary N) is 2. The predicted octanol–water partition coefficient (Wildman–Crippen LogP) is 2.08. The first-order chi connectivity index (χ1) is 12.4. The van der Waals surface area contributed by atoms with Crippen LogP contribution in [-0.2, 0) is 4.79 Å². The van der Waals surface area contributed by atoms with Crippen LogP contribution < -0.4 is 15.5 Å². The zero-order chi connectivity index (χ0) is 18.7. The van der Waals surface area contributed by atoms with Gasteiger partial charge in [-0.15, -0.1) is 0 Å². The van der Waals surface area contributed by atoms with Crippen LogP contribution in [0.1, 0.15) is 22.8 Å². The van der Waals surface area contributed by atoms with Crippen LogP contribution in [-0.4, -0.2) is 29.1 Å². The van der Waals surface area contributed by atoms with Crippen molar-refractivity contribution in [3.63, 3.8) is 0 Å². The van der Waals surface area contributed by atoms with Gasteiger partial charge < -0.3 is 10.1 Å². The zero-order valence-electron chi connectivity index (χ0n) is 13.7. The molecule has 1 aliphatic rings. The third-order valence-electron chi connectivity index (χ3n) is 3.67. The molecular weight excluding hydrogens is 340 g/mol. The number of ether oxygens (including phenoxy) is 1. The monoisotopic (exact) mass is 354 g/mol. The highest BCUT2D eigenvalue weighted by molar-refractivity contribution is 6.03. The van der Waals surface area contributed by atoms with E-state index in [4.69, 9.17) is 4.74 Å². The molecule has 132 valence electrons. The number of carbonyl (C=O) groups is 2. The molecule has 1 heterocycles. The Balaban J connectivity index is 1.75. The van der Waals surface area contributed by atoms with Crippen molar-refractivity contribution in [2.45, 2.75) is 6.92 Å². The third kappa shape index (κ3) is 3.66. The fourth-order valence-electron chi connectivity index (χ4n) is 2.33. The number of nitrogens with zero attached hydrogens (tertiary/aromatic N) is 2. The molecule has 2 aromatic rings. The second-order valence-corrected chi connectivity index (χ2v) is 5.49. The largest absolute Gasteiger partial charge is 0.482 e. The molecule has 0 saturated heterocycles. The van der Waals surface area contributed by atoms with E-state index in [0.717, 1.165) is 0 Å². The molecule has 26 heavy (non-hydrogen) atoms. The van der Waals surface area contributed by atoms with Crippen molar-refractivity contribution >= 4 is 28.9 Å². The van der Waals surface area contributed by atoms with Crippen LogP contribution in [0, 0.1) is 10.1 Å². The predicted molar refractivity (Wildman–Crippen MR) is 93.3 cm³/mol. The molecule has 0 atom stereocenters. The summed E-state index contributed by atoms with van der Waals surface area (Å²) in [6, 6.07) is 10.5. The fraction of sp³-hybridized carbons (Fsp3) is 0.118. The van der Waals surface area contributed by atoms with E-state index < -0.39 is 10.8 Å². The van der Waals surface area contributed by atoms with Crippen LogP contribution in [0.25, 0.3) is 0 Å². The van der Waals surface area contributed by atoms with Gasteiger partial charge in [-0.25, -0.2) is 5.43 Å². The van der Waals surface area contributed by atoms with E-state index in [1.165, 1.54) is 24.3 Å². The lowest BCUT2D eigenvalue weighted by atomic mass is 10.1. The van der Waals surface area contributed by atoms with Gasteiger partial charge in [0.1, 0.15) is 5.75 Å². The minimum Gasteiger partial charge on any atom is -0.482 e. The fourth-order valence-corrected chi connectivity index (χ4v) is 2.33. The first-order valence-electron chi connectivity index (χ1n) is 7.60. The standard InChI is InChI=1S/C17H14N4O5/c1-10(11-5-6-15-14(8-11)18-16(22)9-26-15)19-20-17(23)12-3-2-4-13(7-12)21(24)25/h2-8H,9H2,1H3,(H,18,22)(H,20,23)/b19-10-. The SMILES string of the molecule is C/C(=N/NC(=O)c1cccc([N+](=O)[O-])c1)c1ccc2c(c1)NC(=O)CO2. The Morgan fingerprint density at radius 3 is 2.85 bits per heavy atom. The van der Waals surface area contributed by atoms with E-state index in [-0.39, 0.29) is 23.8 Å². The van der Waals surface area contributed by atoms with Gasteiger partial charge >= 0.3 is 0 Å². The van der Waals surface area contributed by atoms with Crippen molar-refractivity contribution in [1.82, 2.24) is 5.43 Å². The summed E-state index contributed by atoms with van der Waals surface area (Å²) in [5, 5.41) is 17.5. The molecule has 1 aliphatic heterocycles. The summed E-state index contributed by atoms with van der Waals surface area (Å²) in [6.07, 6.45) is 0. The Bertz CT molecular complexity index is 939. The van der Waals surface area contributed by atoms with Gasteiger partial charge in [0.15, 0.2) is 6.61 Å². The normalized spacial score (nSPS) is 13.3. The summed E-state index contributed by atoms with van der Waals surface area (Å²) in [7, 11) is 0. The highest BCUT2D eigenvalue weighted by Gasteiger charge is 2.16. The lowest BCUT2D eigenvalue weighted by Crippen LogP contribution is -2.25. The molecule has 9 heteroatoms. The lowest BCUT2D eigenvalue weighted by molar-refractivity contribution is -0.384. The van der Waals surface area contributed by atoms with Gasteiger partial charge in [0.2, 0.25) is 0 Å². The smallest absolute Gasteiger partial charge is 0.271 e. The minimum atomic E-state index is -0.575. The van der Waals surface area contributed by atoms with E-state index in [2.05, 4.69) is 15.8 Å². The molecule has 0 radical (unpaired) electrons. The molecule has 2 amide bonds. The number of fused-ring (bicyclic) bond motifs is 1. The van der Waals surface area contributed by atoms with Gasteiger partial charge in [0.25, 0.3) is 17.5 Å². The maximum Gasteiger partial charge on any atom is 0.271 e. The highest BCUT2D eigenvalue weighted by atomic mass is 16.6. The summed E-state index contributed by atoms with van der Waals surface area (Å²) in [5.41, 5.74) is 4.00. The number of hydrazone groups is 1. The molecule has 0 fully saturated rings. The number of non-ortho nitro benzene ring substituents is 1. The van der Waals surface area contributed by atoms with Crippen LogP contribution in [0.3, 0.4) is 0 Å². The number of nitro groups is 1. The Labute approximate surface area is 147 Å². The molecule has 2 N–H and O–H groups in total.